The lowest BCUT2D eigenvalue weighted by molar-refractivity contribution is -0.133. The second kappa shape index (κ2) is 10.1. The van der Waals surface area contributed by atoms with Gasteiger partial charge in [0, 0.05) is 50.5 Å². The van der Waals surface area contributed by atoms with Gasteiger partial charge in [0.25, 0.3) is 0 Å². The van der Waals surface area contributed by atoms with E-state index >= 15 is 0 Å². The Morgan fingerprint density at radius 1 is 0.971 bits per heavy atom. The summed E-state index contributed by atoms with van der Waals surface area (Å²) in [5.74, 6) is 0.176. The monoisotopic (exact) mass is 460 g/mol. The van der Waals surface area contributed by atoms with Crippen LogP contribution in [0.2, 0.25) is 0 Å². The van der Waals surface area contributed by atoms with Gasteiger partial charge in [-0.25, -0.2) is 9.78 Å². The molecule has 3 aromatic rings. The first kappa shape index (κ1) is 22.1. The molecule has 2 aromatic heterocycles. The Bertz CT molecular complexity index is 1200. The molecule has 2 N–H and O–H groups in total. The number of pyridine rings is 1. The van der Waals surface area contributed by atoms with E-state index in [1.54, 1.807) is 6.20 Å². The normalized spacial score (nSPS) is 16.8. The number of hydrogen-bond acceptors (Lipinski definition) is 5. The van der Waals surface area contributed by atoms with Crippen molar-refractivity contribution in [1.29, 1.82) is 0 Å². The number of rotatable bonds is 5. The van der Waals surface area contributed by atoms with Gasteiger partial charge in [-0.05, 0) is 41.8 Å². The predicted molar refractivity (Wildman–Crippen MR) is 131 cm³/mol. The Balaban J connectivity index is 1.13. The number of benzene rings is 1. The zero-order valence-electron chi connectivity index (χ0n) is 18.9. The average Bonchev–Trinajstić information content (AvgIpc) is 3.33. The molecule has 2 aliphatic rings. The van der Waals surface area contributed by atoms with Crippen molar-refractivity contribution >= 4 is 34.5 Å². The molecule has 0 saturated carbocycles. The minimum Gasteiger partial charge on any atom is -0.379 e. The fourth-order valence-electron chi connectivity index (χ4n) is 4.26. The number of carbonyl (C=O) groups is 2. The topological polar surface area (TPSA) is 91.2 Å². The Labute approximate surface area is 198 Å². The summed E-state index contributed by atoms with van der Waals surface area (Å²) in [6.45, 7) is 4.85. The molecule has 0 atom stereocenters. The number of morpholine rings is 1. The van der Waals surface area contributed by atoms with E-state index in [-0.39, 0.29) is 11.9 Å². The highest BCUT2D eigenvalue weighted by atomic mass is 16.5. The summed E-state index contributed by atoms with van der Waals surface area (Å²) in [5, 5.41) is 5.70. The molecule has 3 amide bonds. The summed E-state index contributed by atoms with van der Waals surface area (Å²) in [5.41, 5.74) is 4.54. The van der Waals surface area contributed by atoms with Crippen molar-refractivity contribution in [2.24, 2.45) is 0 Å². The molecule has 5 rings (SSSR count). The molecular weight excluding hydrogens is 432 g/mol. The molecule has 0 aliphatic carbocycles. The minimum absolute atomic E-state index is 0.176. The largest absolute Gasteiger partial charge is 0.379 e. The maximum atomic E-state index is 12.6. The molecule has 1 saturated heterocycles. The van der Waals surface area contributed by atoms with Crippen molar-refractivity contribution in [1.82, 2.24) is 19.2 Å². The smallest absolute Gasteiger partial charge is 0.323 e. The lowest BCUT2D eigenvalue weighted by Gasteiger charge is -2.31. The maximum absolute atomic E-state index is 12.6. The molecule has 2 aliphatic heterocycles. The molecule has 9 heteroatoms. The molecule has 0 bridgehead atoms. The number of nitrogens with one attached hydrogen (secondary N) is 2. The van der Waals surface area contributed by atoms with Gasteiger partial charge in [-0.1, -0.05) is 18.2 Å². The predicted octanol–water partition coefficient (Wildman–Crippen LogP) is 2.93. The number of anilines is 2. The lowest BCUT2D eigenvalue weighted by atomic mass is 9.99. The van der Waals surface area contributed by atoms with E-state index in [4.69, 9.17) is 4.74 Å². The third kappa shape index (κ3) is 5.27. The first-order valence-corrected chi connectivity index (χ1v) is 11.5. The first-order chi connectivity index (χ1) is 16.6. The van der Waals surface area contributed by atoms with Crippen LogP contribution in [0.4, 0.5) is 16.2 Å². The van der Waals surface area contributed by atoms with E-state index in [9.17, 15) is 9.59 Å². The molecular formula is C25H28N6O3. The molecule has 1 fully saturated rings. The number of hydrogen-bond donors (Lipinski definition) is 2. The summed E-state index contributed by atoms with van der Waals surface area (Å²) < 4.78 is 7.20. The number of ether oxygens (including phenoxy) is 1. The highest BCUT2D eigenvalue weighted by Gasteiger charge is 2.21. The molecule has 9 nitrogen and oxygen atoms in total. The zero-order valence-corrected chi connectivity index (χ0v) is 18.9. The number of amides is 3. The van der Waals surface area contributed by atoms with Crippen LogP contribution in [0.1, 0.15) is 12.0 Å². The van der Waals surface area contributed by atoms with Crippen LogP contribution in [0.3, 0.4) is 0 Å². The Kier molecular flexibility index (Phi) is 6.55. The quantitative estimate of drug-likeness (QED) is 0.611. The summed E-state index contributed by atoms with van der Waals surface area (Å²) in [6.07, 6.45) is 8.30. The van der Waals surface area contributed by atoms with Gasteiger partial charge in [-0.2, -0.15) is 0 Å². The molecule has 0 radical (unpaired) electrons. The molecule has 0 spiro atoms. The van der Waals surface area contributed by atoms with E-state index in [1.807, 2.05) is 58.1 Å². The van der Waals surface area contributed by atoms with E-state index < -0.39 is 0 Å². The number of imidazole rings is 1. The van der Waals surface area contributed by atoms with Gasteiger partial charge in [0.05, 0.1) is 25.4 Å². The van der Waals surface area contributed by atoms with E-state index in [1.165, 1.54) is 5.57 Å². The zero-order chi connectivity index (χ0) is 23.3. The molecule has 1 aromatic carbocycles. The van der Waals surface area contributed by atoms with Gasteiger partial charge in [0.2, 0.25) is 5.91 Å². The van der Waals surface area contributed by atoms with E-state index in [0.717, 1.165) is 37.3 Å². The second-order valence-corrected chi connectivity index (χ2v) is 8.47. The Hall–Kier alpha value is -3.69. The van der Waals surface area contributed by atoms with Crippen LogP contribution in [-0.4, -0.2) is 77.1 Å². The molecule has 176 valence electrons. The second-order valence-electron chi connectivity index (χ2n) is 8.47. The molecule has 0 unspecified atom stereocenters. The van der Waals surface area contributed by atoms with Crippen LogP contribution < -0.4 is 10.6 Å². The van der Waals surface area contributed by atoms with E-state index in [0.29, 0.717) is 37.7 Å². The fraction of sp³-hybridized carbons (Fsp3) is 0.320. The number of aromatic nitrogens is 2. The van der Waals surface area contributed by atoms with Crippen LogP contribution in [0.15, 0.2) is 61.1 Å². The number of nitrogens with zero attached hydrogens (tertiary/aromatic N) is 4. The van der Waals surface area contributed by atoms with Crippen LogP contribution in [0, 0.1) is 0 Å². The highest BCUT2D eigenvalue weighted by Crippen LogP contribution is 2.24. The van der Waals surface area contributed by atoms with Crippen molar-refractivity contribution in [3.05, 3.63) is 66.6 Å². The number of carbonyl (C=O) groups excluding carboxylic acids is 2. The average molecular weight is 461 g/mol. The van der Waals surface area contributed by atoms with Gasteiger partial charge in [-0.15, -0.1) is 0 Å². The summed E-state index contributed by atoms with van der Waals surface area (Å²) in [4.78, 5) is 33.2. The first-order valence-electron chi connectivity index (χ1n) is 11.5. The van der Waals surface area contributed by atoms with Crippen LogP contribution in [0.5, 0.6) is 0 Å². The summed E-state index contributed by atoms with van der Waals surface area (Å²) in [7, 11) is 0. The number of urea groups is 1. The SMILES string of the molecule is O=C(Nc1ccc(C2=CCN(C(=O)CN3CCOCC3)CC2)cc1)Nc1ccc2nccn2c1. The lowest BCUT2D eigenvalue weighted by Crippen LogP contribution is -2.45. The summed E-state index contributed by atoms with van der Waals surface area (Å²) in [6, 6.07) is 11.2. The Morgan fingerprint density at radius 3 is 2.50 bits per heavy atom. The Morgan fingerprint density at radius 2 is 1.74 bits per heavy atom. The standard InChI is InChI=1S/C25H28N6O3/c32-24(18-29-13-15-34-16-14-29)30-10-7-20(8-11-30)19-1-3-21(4-2-19)27-25(33)28-22-5-6-23-26-9-12-31(23)17-22/h1-7,9,12,17H,8,10-11,13-16,18H2,(H2,27,28,33). The fourth-order valence-corrected chi connectivity index (χ4v) is 4.26. The van der Waals surface area contributed by atoms with Crippen molar-refractivity contribution in [2.75, 3.05) is 56.6 Å². The molecule has 4 heterocycles. The van der Waals surface area contributed by atoms with Gasteiger partial charge < -0.3 is 24.7 Å². The van der Waals surface area contributed by atoms with Crippen molar-refractivity contribution in [3.8, 4) is 0 Å². The van der Waals surface area contributed by atoms with Gasteiger partial charge in [0.15, 0.2) is 0 Å². The van der Waals surface area contributed by atoms with Crippen LogP contribution in [-0.2, 0) is 9.53 Å². The van der Waals surface area contributed by atoms with Gasteiger partial charge >= 0.3 is 6.03 Å². The minimum atomic E-state index is -0.307. The highest BCUT2D eigenvalue weighted by molar-refractivity contribution is 5.99. The van der Waals surface area contributed by atoms with Crippen LogP contribution in [0.25, 0.3) is 11.2 Å². The van der Waals surface area contributed by atoms with E-state index in [2.05, 4.69) is 26.6 Å². The maximum Gasteiger partial charge on any atom is 0.323 e. The third-order valence-electron chi connectivity index (χ3n) is 6.18. The number of fused-ring (bicyclic) bond motifs is 1. The van der Waals surface area contributed by atoms with Gasteiger partial charge in [-0.3, -0.25) is 9.69 Å². The molecule has 34 heavy (non-hydrogen) atoms. The summed E-state index contributed by atoms with van der Waals surface area (Å²) >= 11 is 0. The van der Waals surface area contributed by atoms with Crippen LogP contribution >= 0.6 is 0 Å². The van der Waals surface area contributed by atoms with Crippen molar-refractivity contribution in [3.63, 3.8) is 0 Å². The van der Waals surface area contributed by atoms with Crippen molar-refractivity contribution < 1.29 is 14.3 Å². The third-order valence-corrected chi connectivity index (χ3v) is 6.18. The van der Waals surface area contributed by atoms with Gasteiger partial charge in [0.1, 0.15) is 5.65 Å². The van der Waals surface area contributed by atoms with Crippen molar-refractivity contribution in [2.45, 2.75) is 6.42 Å².